The Kier molecular flexibility index (Phi) is 3.34. The summed E-state index contributed by atoms with van der Waals surface area (Å²) in [6, 6.07) is 1.79. The zero-order valence-corrected chi connectivity index (χ0v) is 10.1. The molecular formula is C11H15N5O. The van der Waals surface area contributed by atoms with Crippen LogP contribution in [-0.4, -0.2) is 33.7 Å². The first kappa shape index (κ1) is 11.5. The van der Waals surface area contributed by atoms with Crippen LogP contribution >= 0.6 is 0 Å². The monoisotopic (exact) mass is 233 g/mol. The number of nitrogens with one attached hydrogen (secondary N) is 1. The van der Waals surface area contributed by atoms with Crippen molar-refractivity contribution in [1.29, 1.82) is 0 Å². The molecule has 0 unspecified atom stereocenters. The highest BCUT2D eigenvalue weighted by Gasteiger charge is 2.06. The number of aromatic nitrogens is 4. The molecule has 0 bridgehead atoms. The highest BCUT2D eigenvalue weighted by Crippen LogP contribution is 2.11. The second-order valence-corrected chi connectivity index (χ2v) is 3.65. The van der Waals surface area contributed by atoms with Gasteiger partial charge in [0.15, 0.2) is 0 Å². The molecule has 0 aliphatic carbocycles. The molecule has 0 aliphatic rings. The van der Waals surface area contributed by atoms with Crippen molar-refractivity contribution in [3.05, 3.63) is 30.0 Å². The fourth-order valence-electron chi connectivity index (χ4n) is 1.49. The number of hydrogen-bond donors (Lipinski definition) is 1. The van der Waals surface area contributed by atoms with Gasteiger partial charge in [-0.3, -0.25) is 4.57 Å². The Morgan fingerprint density at radius 2 is 2.24 bits per heavy atom. The van der Waals surface area contributed by atoms with E-state index in [2.05, 4.69) is 20.3 Å². The normalized spacial score (nSPS) is 10.5. The van der Waals surface area contributed by atoms with Crippen LogP contribution in [0.15, 0.2) is 18.6 Å². The molecule has 2 rings (SSSR count). The third-order valence-electron chi connectivity index (χ3n) is 2.25. The Labute approximate surface area is 99.7 Å². The molecule has 0 saturated heterocycles. The van der Waals surface area contributed by atoms with Gasteiger partial charge < -0.3 is 10.1 Å². The van der Waals surface area contributed by atoms with Crippen LogP contribution < -0.4 is 10.1 Å². The first-order valence-electron chi connectivity index (χ1n) is 5.30. The first-order valence-corrected chi connectivity index (χ1v) is 5.30. The van der Waals surface area contributed by atoms with Crippen LogP contribution in [0.2, 0.25) is 0 Å². The van der Waals surface area contributed by atoms with Crippen molar-refractivity contribution >= 4 is 0 Å². The van der Waals surface area contributed by atoms with E-state index in [1.807, 2.05) is 20.2 Å². The molecule has 0 aliphatic heterocycles. The van der Waals surface area contributed by atoms with Crippen molar-refractivity contribution in [3.63, 3.8) is 0 Å². The molecule has 0 fully saturated rings. The van der Waals surface area contributed by atoms with E-state index in [1.54, 1.807) is 24.1 Å². The number of ether oxygens (including phenoxy) is 1. The van der Waals surface area contributed by atoms with Gasteiger partial charge in [-0.05, 0) is 14.0 Å². The summed E-state index contributed by atoms with van der Waals surface area (Å²) in [6.45, 7) is 2.62. The highest BCUT2D eigenvalue weighted by molar-refractivity contribution is 5.23. The van der Waals surface area contributed by atoms with Gasteiger partial charge >= 0.3 is 0 Å². The minimum atomic E-state index is 0.552. The molecule has 0 spiro atoms. The molecule has 0 amide bonds. The van der Waals surface area contributed by atoms with Crippen LogP contribution in [-0.2, 0) is 6.54 Å². The second-order valence-electron chi connectivity index (χ2n) is 3.65. The van der Waals surface area contributed by atoms with Crippen LogP contribution in [0, 0.1) is 6.92 Å². The standard InChI is InChI=1S/C11H15N5O/c1-8-4-10(17-3)15-11(14-8)16-6-9(5-12-2)13-7-16/h4,6-7,12H,5H2,1-3H3. The van der Waals surface area contributed by atoms with Gasteiger partial charge in [0.1, 0.15) is 6.33 Å². The van der Waals surface area contributed by atoms with Gasteiger partial charge in [-0.1, -0.05) is 0 Å². The summed E-state index contributed by atoms with van der Waals surface area (Å²) in [5.74, 6) is 1.12. The van der Waals surface area contributed by atoms with Crippen LogP contribution in [0.3, 0.4) is 0 Å². The van der Waals surface area contributed by atoms with Crippen LogP contribution in [0.4, 0.5) is 0 Å². The first-order chi connectivity index (χ1) is 8.22. The maximum atomic E-state index is 5.11. The molecule has 2 aromatic rings. The summed E-state index contributed by atoms with van der Waals surface area (Å²) >= 11 is 0. The van der Waals surface area contributed by atoms with E-state index < -0.39 is 0 Å². The Morgan fingerprint density at radius 3 is 2.94 bits per heavy atom. The van der Waals surface area contributed by atoms with Crippen LogP contribution in [0.25, 0.3) is 5.95 Å². The third kappa shape index (κ3) is 2.59. The summed E-state index contributed by atoms with van der Waals surface area (Å²) in [5, 5.41) is 3.04. The van der Waals surface area contributed by atoms with E-state index in [0.29, 0.717) is 11.8 Å². The lowest BCUT2D eigenvalue weighted by atomic mass is 10.4. The maximum absolute atomic E-state index is 5.11. The molecule has 0 radical (unpaired) electrons. The van der Waals surface area contributed by atoms with Gasteiger partial charge in [0.05, 0.1) is 12.8 Å². The molecule has 2 aromatic heterocycles. The van der Waals surface area contributed by atoms with Crippen LogP contribution in [0.5, 0.6) is 5.88 Å². The zero-order chi connectivity index (χ0) is 12.3. The molecule has 17 heavy (non-hydrogen) atoms. The molecule has 0 atom stereocenters. The van der Waals surface area contributed by atoms with E-state index >= 15 is 0 Å². The number of hydrogen-bond acceptors (Lipinski definition) is 5. The van der Waals surface area contributed by atoms with Gasteiger partial charge in [0.2, 0.25) is 11.8 Å². The van der Waals surface area contributed by atoms with Gasteiger partial charge in [-0.25, -0.2) is 9.97 Å². The summed E-state index contributed by atoms with van der Waals surface area (Å²) in [7, 11) is 3.47. The Morgan fingerprint density at radius 1 is 1.41 bits per heavy atom. The second kappa shape index (κ2) is 4.92. The topological polar surface area (TPSA) is 64.9 Å². The van der Waals surface area contributed by atoms with Gasteiger partial charge in [0, 0.05) is 24.5 Å². The largest absolute Gasteiger partial charge is 0.481 e. The SMILES string of the molecule is CNCc1cn(-c2nc(C)cc(OC)n2)cn1. The molecule has 90 valence electrons. The third-order valence-corrected chi connectivity index (χ3v) is 2.25. The van der Waals surface area contributed by atoms with Gasteiger partial charge in [-0.15, -0.1) is 0 Å². The predicted molar refractivity (Wildman–Crippen MR) is 63.2 cm³/mol. The van der Waals surface area contributed by atoms with E-state index in [9.17, 15) is 0 Å². The van der Waals surface area contributed by atoms with Crippen molar-refractivity contribution in [2.45, 2.75) is 13.5 Å². The van der Waals surface area contributed by atoms with Crippen molar-refractivity contribution in [1.82, 2.24) is 24.8 Å². The lowest BCUT2D eigenvalue weighted by Crippen LogP contribution is -2.05. The molecule has 2 heterocycles. The van der Waals surface area contributed by atoms with E-state index in [4.69, 9.17) is 4.74 Å². The average molecular weight is 233 g/mol. The van der Waals surface area contributed by atoms with E-state index in [0.717, 1.165) is 17.9 Å². The molecule has 6 heteroatoms. The summed E-state index contributed by atoms with van der Waals surface area (Å²) in [4.78, 5) is 12.8. The Bertz CT molecular complexity index is 508. The number of methoxy groups -OCH3 is 1. The number of rotatable bonds is 4. The Balaban J connectivity index is 2.34. The minimum absolute atomic E-state index is 0.552. The summed E-state index contributed by atoms with van der Waals surface area (Å²) in [6.07, 6.45) is 3.59. The summed E-state index contributed by atoms with van der Waals surface area (Å²) in [5.41, 5.74) is 1.80. The van der Waals surface area contributed by atoms with E-state index in [-0.39, 0.29) is 0 Å². The quantitative estimate of drug-likeness (QED) is 0.842. The Hall–Kier alpha value is -1.95. The smallest absolute Gasteiger partial charge is 0.238 e. The summed E-state index contributed by atoms with van der Waals surface area (Å²) < 4.78 is 6.89. The number of aryl methyl sites for hydroxylation is 1. The van der Waals surface area contributed by atoms with E-state index in [1.165, 1.54) is 0 Å². The van der Waals surface area contributed by atoms with Gasteiger partial charge in [0.25, 0.3) is 0 Å². The molecule has 6 nitrogen and oxygen atoms in total. The van der Waals surface area contributed by atoms with Crippen molar-refractivity contribution < 1.29 is 4.74 Å². The molecule has 1 N–H and O–H groups in total. The van der Waals surface area contributed by atoms with Crippen molar-refractivity contribution in [3.8, 4) is 11.8 Å². The van der Waals surface area contributed by atoms with Crippen molar-refractivity contribution in [2.24, 2.45) is 0 Å². The minimum Gasteiger partial charge on any atom is -0.481 e. The fourth-order valence-corrected chi connectivity index (χ4v) is 1.49. The van der Waals surface area contributed by atoms with Crippen molar-refractivity contribution in [2.75, 3.05) is 14.2 Å². The maximum Gasteiger partial charge on any atom is 0.238 e. The lowest BCUT2D eigenvalue weighted by molar-refractivity contribution is 0.395. The molecular weight excluding hydrogens is 218 g/mol. The number of nitrogens with zero attached hydrogens (tertiary/aromatic N) is 4. The van der Waals surface area contributed by atoms with Gasteiger partial charge in [-0.2, -0.15) is 4.98 Å². The fraction of sp³-hybridized carbons (Fsp3) is 0.364. The average Bonchev–Trinajstić information content (AvgIpc) is 2.77. The lowest BCUT2D eigenvalue weighted by Gasteiger charge is -2.04. The number of imidazole rings is 1. The predicted octanol–water partition coefficient (Wildman–Crippen LogP) is 0.699. The van der Waals surface area contributed by atoms with Crippen LogP contribution in [0.1, 0.15) is 11.4 Å². The molecule has 0 saturated carbocycles. The zero-order valence-electron chi connectivity index (χ0n) is 10.1. The highest BCUT2D eigenvalue weighted by atomic mass is 16.5. The molecule has 0 aromatic carbocycles.